The first-order valence-corrected chi connectivity index (χ1v) is 19.9. The largest absolute Gasteiger partial charge is 0.455 e. The van der Waals surface area contributed by atoms with E-state index in [2.05, 4.69) is 172 Å². The molecule has 3 nitrogen and oxygen atoms in total. The number of rotatable bonds is 6. The van der Waals surface area contributed by atoms with E-state index in [0.29, 0.717) is 5.82 Å². The minimum atomic E-state index is -0.0341. The number of hydrogen-bond acceptors (Lipinski definition) is 3. The quantitative estimate of drug-likeness (QED) is 0.170. The molecular weight excluding hydrogens is 705 g/mol. The molecule has 8 aromatic carbocycles. The lowest BCUT2D eigenvalue weighted by molar-refractivity contribution is 0.660. The van der Waals surface area contributed by atoms with Crippen LogP contribution in [-0.2, 0) is 5.41 Å². The van der Waals surface area contributed by atoms with Gasteiger partial charge >= 0.3 is 0 Å². The molecule has 0 spiro atoms. The van der Waals surface area contributed by atoms with Gasteiger partial charge in [-0.15, -0.1) is 0 Å². The first-order chi connectivity index (χ1) is 28.5. The molecule has 1 aliphatic carbocycles. The standard InChI is InChI=1S/C55H38N2O/c1-55(2)48-25-11-9-21-44(48)47-33-39(27-28-49(47)55)37-19-13-20-38(29-37)40-30-41(43-23-14-24-46-45-22-10-12-26-52(45)58-53(43)46)32-42(31-40)51-34-50(35-15-5-3-6-16-35)56-54(57-51)36-17-7-4-8-18-36/h3-34H,1-2H3. The van der Waals surface area contributed by atoms with Gasteiger partial charge in [0, 0.05) is 38.4 Å². The van der Waals surface area contributed by atoms with Crippen molar-refractivity contribution in [3.05, 3.63) is 205 Å². The first kappa shape index (κ1) is 33.9. The van der Waals surface area contributed by atoms with Gasteiger partial charge in [0.05, 0.1) is 11.4 Å². The van der Waals surface area contributed by atoms with E-state index in [9.17, 15) is 0 Å². The summed E-state index contributed by atoms with van der Waals surface area (Å²) in [6, 6.07) is 69.0. The van der Waals surface area contributed by atoms with Crippen molar-refractivity contribution in [2.75, 3.05) is 0 Å². The highest BCUT2D eigenvalue weighted by molar-refractivity contribution is 6.10. The zero-order chi connectivity index (χ0) is 38.8. The molecule has 0 radical (unpaired) electrons. The van der Waals surface area contributed by atoms with E-state index in [1.165, 1.54) is 33.4 Å². The molecule has 0 fully saturated rings. The molecule has 0 unspecified atom stereocenters. The normalized spacial score (nSPS) is 12.8. The van der Waals surface area contributed by atoms with E-state index in [-0.39, 0.29) is 5.41 Å². The average Bonchev–Trinajstić information content (AvgIpc) is 3.78. The number of fused-ring (bicyclic) bond motifs is 6. The molecule has 0 saturated heterocycles. The summed E-state index contributed by atoms with van der Waals surface area (Å²) < 4.78 is 6.61. The lowest BCUT2D eigenvalue weighted by atomic mass is 9.82. The van der Waals surface area contributed by atoms with E-state index < -0.39 is 0 Å². The van der Waals surface area contributed by atoms with Gasteiger partial charge in [0.2, 0.25) is 0 Å². The average molecular weight is 743 g/mol. The maximum atomic E-state index is 6.61. The number of furan rings is 1. The Balaban J connectivity index is 1.11. The van der Waals surface area contributed by atoms with Gasteiger partial charge in [0.15, 0.2) is 5.82 Å². The van der Waals surface area contributed by atoms with Gasteiger partial charge in [0.25, 0.3) is 0 Å². The fourth-order valence-electron chi connectivity index (χ4n) is 8.92. The Morgan fingerprint density at radius 3 is 1.74 bits per heavy atom. The van der Waals surface area contributed by atoms with Crippen LogP contribution in [0.4, 0.5) is 0 Å². The second-order valence-corrected chi connectivity index (χ2v) is 15.8. The fourth-order valence-corrected chi connectivity index (χ4v) is 8.92. The van der Waals surface area contributed by atoms with Gasteiger partial charge < -0.3 is 4.42 Å². The Labute approximate surface area is 338 Å². The lowest BCUT2D eigenvalue weighted by Gasteiger charge is -2.21. The molecule has 2 heterocycles. The van der Waals surface area contributed by atoms with Crippen molar-refractivity contribution in [2.45, 2.75) is 19.3 Å². The number of para-hydroxylation sites is 2. The second kappa shape index (κ2) is 13.4. The highest BCUT2D eigenvalue weighted by Crippen LogP contribution is 2.49. The summed E-state index contributed by atoms with van der Waals surface area (Å²) in [4.78, 5) is 10.4. The number of hydrogen-bond donors (Lipinski definition) is 0. The zero-order valence-electron chi connectivity index (χ0n) is 32.3. The lowest BCUT2D eigenvalue weighted by Crippen LogP contribution is -2.14. The maximum Gasteiger partial charge on any atom is 0.160 e. The third kappa shape index (κ3) is 5.66. The van der Waals surface area contributed by atoms with Crippen molar-refractivity contribution < 1.29 is 4.42 Å². The Kier molecular flexibility index (Phi) is 7.84. The minimum Gasteiger partial charge on any atom is -0.455 e. The molecule has 274 valence electrons. The van der Waals surface area contributed by atoms with Crippen LogP contribution >= 0.6 is 0 Å². The number of aromatic nitrogens is 2. The molecule has 2 aromatic heterocycles. The van der Waals surface area contributed by atoms with Crippen LogP contribution in [0.1, 0.15) is 25.0 Å². The van der Waals surface area contributed by atoms with E-state index in [1.807, 2.05) is 36.4 Å². The van der Waals surface area contributed by atoms with Crippen molar-refractivity contribution in [2.24, 2.45) is 0 Å². The van der Waals surface area contributed by atoms with Gasteiger partial charge in [-0.05, 0) is 92.5 Å². The third-order valence-corrected chi connectivity index (χ3v) is 11.9. The molecule has 3 heteroatoms. The molecule has 11 rings (SSSR count). The van der Waals surface area contributed by atoms with Crippen LogP contribution in [-0.4, -0.2) is 9.97 Å². The Morgan fingerprint density at radius 2 is 0.914 bits per heavy atom. The molecular formula is C55H38N2O. The summed E-state index contributed by atoms with van der Waals surface area (Å²) in [5.74, 6) is 0.687. The predicted molar refractivity (Wildman–Crippen MR) is 239 cm³/mol. The third-order valence-electron chi connectivity index (χ3n) is 11.9. The van der Waals surface area contributed by atoms with Crippen LogP contribution in [0.2, 0.25) is 0 Å². The molecule has 0 saturated carbocycles. The van der Waals surface area contributed by atoms with Crippen molar-refractivity contribution in [3.8, 4) is 78.4 Å². The Morgan fingerprint density at radius 1 is 0.362 bits per heavy atom. The molecule has 0 aliphatic heterocycles. The number of nitrogens with zero attached hydrogens (tertiary/aromatic N) is 2. The van der Waals surface area contributed by atoms with Crippen LogP contribution in [0.15, 0.2) is 199 Å². The van der Waals surface area contributed by atoms with E-state index in [0.717, 1.165) is 72.3 Å². The topological polar surface area (TPSA) is 38.9 Å². The van der Waals surface area contributed by atoms with Crippen molar-refractivity contribution >= 4 is 21.9 Å². The molecule has 58 heavy (non-hydrogen) atoms. The minimum absolute atomic E-state index is 0.0341. The Hall–Kier alpha value is -7.36. The van der Waals surface area contributed by atoms with Gasteiger partial charge in [-0.2, -0.15) is 0 Å². The fraction of sp³-hybridized carbons (Fsp3) is 0.0545. The van der Waals surface area contributed by atoms with Gasteiger partial charge in [0.1, 0.15) is 11.2 Å². The van der Waals surface area contributed by atoms with E-state index in [4.69, 9.17) is 14.4 Å². The van der Waals surface area contributed by atoms with Gasteiger partial charge in [-0.1, -0.05) is 166 Å². The highest BCUT2D eigenvalue weighted by atomic mass is 16.3. The summed E-state index contributed by atoms with van der Waals surface area (Å²) >= 11 is 0. The summed E-state index contributed by atoms with van der Waals surface area (Å²) in [6.07, 6.45) is 0. The van der Waals surface area contributed by atoms with Crippen molar-refractivity contribution in [1.29, 1.82) is 0 Å². The SMILES string of the molecule is CC1(C)c2ccccc2-c2cc(-c3cccc(-c4cc(-c5cc(-c6ccccc6)nc(-c6ccccc6)n5)cc(-c5cccc6c5oc5ccccc56)c4)c3)ccc21. The summed E-state index contributed by atoms with van der Waals surface area (Å²) in [5.41, 5.74) is 18.5. The Bertz CT molecular complexity index is 3140. The molecule has 0 atom stereocenters. The number of benzene rings is 8. The van der Waals surface area contributed by atoms with Crippen LogP contribution in [0.25, 0.3) is 100 Å². The van der Waals surface area contributed by atoms with Gasteiger partial charge in [-0.25, -0.2) is 9.97 Å². The predicted octanol–water partition coefficient (Wildman–Crippen LogP) is 14.7. The maximum absolute atomic E-state index is 6.61. The van der Waals surface area contributed by atoms with E-state index >= 15 is 0 Å². The monoisotopic (exact) mass is 742 g/mol. The smallest absolute Gasteiger partial charge is 0.160 e. The van der Waals surface area contributed by atoms with Crippen molar-refractivity contribution in [3.63, 3.8) is 0 Å². The first-order valence-electron chi connectivity index (χ1n) is 19.9. The van der Waals surface area contributed by atoms with Crippen LogP contribution in [0, 0.1) is 0 Å². The summed E-state index contributed by atoms with van der Waals surface area (Å²) in [5, 5.41) is 2.21. The molecule has 1 aliphatic rings. The summed E-state index contributed by atoms with van der Waals surface area (Å²) in [7, 11) is 0. The van der Waals surface area contributed by atoms with Crippen LogP contribution in [0.5, 0.6) is 0 Å². The van der Waals surface area contributed by atoms with Crippen molar-refractivity contribution in [1.82, 2.24) is 9.97 Å². The van der Waals surface area contributed by atoms with Crippen LogP contribution in [0.3, 0.4) is 0 Å². The zero-order valence-corrected chi connectivity index (χ0v) is 32.3. The highest BCUT2D eigenvalue weighted by Gasteiger charge is 2.35. The molecule has 0 bridgehead atoms. The molecule has 0 amide bonds. The van der Waals surface area contributed by atoms with Crippen LogP contribution < -0.4 is 0 Å². The molecule has 0 N–H and O–H groups in total. The summed E-state index contributed by atoms with van der Waals surface area (Å²) in [6.45, 7) is 4.66. The van der Waals surface area contributed by atoms with Gasteiger partial charge in [-0.3, -0.25) is 0 Å². The second-order valence-electron chi connectivity index (χ2n) is 15.8. The van der Waals surface area contributed by atoms with E-state index in [1.54, 1.807) is 0 Å². The molecule has 10 aromatic rings.